The molecule has 1 aromatic carbocycles. The predicted octanol–water partition coefficient (Wildman–Crippen LogP) is 3.23. The van der Waals surface area contributed by atoms with E-state index in [-0.39, 0.29) is 5.78 Å². The summed E-state index contributed by atoms with van der Waals surface area (Å²) < 4.78 is 0. The van der Waals surface area contributed by atoms with Gasteiger partial charge in [-0.05, 0) is 12.5 Å². The number of hydrogen-bond donors (Lipinski definition) is 0. The van der Waals surface area contributed by atoms with Crippen molar-refractivity contribution in [2.75, 3.05) is 0 Å². The molecule has 0 saturated carbocycles. The minimum absolute atomic E-state index is 0.0917. The normalized spacial score (nSPS) is 10.5. The Kier molecular flexibility index (Phi) is 3.97. The van der Waals surface area contributed by atoms with Gasteiger partial charge in [0.15, 0.2) is 5.78 Å². The number of unbranched alkanes of at least 4 members (excludes halogenated alkanes) is 1. The number of ketones is 1. The fourth-order valence-electron chi connectivity index (χ4n) is 1.06. The number of benzene rings is 1. The van der Waals surface area contributed by atoms with Gasteiger partial charge >= 0.3 is 0 Å². The summed E-state index contributed by atoms with van der Waals surface area (Å²) >= 11 is 0. The lowest BCUT2D eigenvalue weighted by atomic mass is 10.1. The van der Waals surface area contributed by atoms with Gasteiger partial charge in [-0.1, -0.05) is 49.8 Å². The Morgan fingerprint density at radius 3 is 2.62 bits per heavy atom. The molecule has 0 aromatic heterocycles. The van der Waals surface area contributed by atoms with Gasteiger partial charge in [-0.3, -0.25) is 4.79 Å². The van der Waals surface area contributed by atoms with E-state index in [4.69, 9.17) is 0 Å². The molecule has 0 radical (unpaired) electrons. The van der Waals surface area contributed by atoms with Crippen LogP contribution in [0, 0.1) is 0 Å². The van der Waals surface area contributed by atoms with Gasteiger partial charge in [0.25, 0.3) is 0 Å². The van der Waals surface area contributed by atoms with Gasteiger partial charge in [0, 0.05) is 5.56 Å². The lowest BCUT2D eigenvalue weighted by Gasteiger charge is -1.93. The molecule has 0 unspecified atom stereocenters. The van der Waals surface area contributed by atoms with Gasteiger partial charge in [0.1, 0.15) is 0 Å². The third-order valence-electron chi connectivity index (χ3n) is 1.78. The molecule has 0 aliphatic rings. The molecule has 1 heteroatoms. The molecule has 0 aliphatic heterocycles. The van der Waals surface area contributed by atoms with Crippen molar-refractivity contribution in [3.63, 3.8) is 0 Å². The van der Waals surface area contributed by atoms with Gasteiger partial charge in [-0.25, -0.2) is 0 Å². The molecule has 1 aromatic rings. The fourth-order valence-corrected chi connectivity index (χ4v) is 1.06. The van der Waals surface area contributed by atoms with Crippen molar-refractivity contribution in [2.24, 2.45) is 0 Å². The highest BCUT2D eigenvalue weighted by Crippen LogP contribution is 2.01. The molecule has 68 valence electrons. The van der Waals surface area contributed by atoms with E-state index in [0.717, 1.165) is 18.4 Å². The number of allylic oxidation sites excluding steroid dienone is 2. The molecular formula is C12H14O. The Morgan fingerprint density at radius 2 is 2.00 bits per heavy atom. The van der Waals surface area contributed by atoms with Crippen molar-refractivity contribution in [1.82, 2.24) is 0 Å². The minimum atomic E-state index is 0.0917. The molecular weight excluding hydrogens is 160 g/mol. The first-order valence-electron chi connectivity index (χ1n) is 4.60. The van der Waals surface area contributed by atoms with Crippen LogP contribution >= 0.6 is 0 Å². The van der Waals surface area contributed by atoms with E-state index in [9.17, 15) is 4.79 Å². The zero-order valence-corrected chi connectivity index (χ0v) is 7.86. The van der Waals surface area contributed by atoms with Crippen molar-refractivity contribution in [2.45, 2.75) is 19.8 Å². The third-order valence-corrected chi connectivity index (χ3v) is 1.78. The lowest BCUT2D eigenvalue weighted by Crippen LogP contribution is -1.92. The molecule has 0 atom stereocenters. The summed E-state index contributed by atoms with van der Waals surface area (Å²) in [6.07, 6.45) is 5.63. The topological polar surface area (TPSA) is 17.1 Å². The molecule has 1 nitrogen and oxygen atoms in total. The van der Waals surface area contributed by atoms with Crippen molar-refractivity contribution in [1.29, 1.82) is 0 Å². The summed E-state index contributed by atoms with van der Waals surface area (Å²) in [5.41, 5.74) is 0.759. The highest BCUT2D eigenvalue weighted by atomic mass is 16.1. The first-order valence-corrected chi connectivity index (χ1v) is 4.60. The molecule has 0 N–H and O–H groups in total. The molecule has 0 aliphatic carbocycles. The highest BCUT2D eigenvalue weighted by Gasteiger charge is 1.97. The largest absolute Gasteiger partial charge is 0.289 e. The quantitative estimate of drug-likeness (QED) is 0.506. The molecule has 0 saturated heterocycles. The first-order chi connectivity index (χ1) is 6.34. The molecule has 1 rings (SSSR count). The van der Waals surface area contributed by atoms with Crippen molar-refractivity contribution < 1.29 is 4.79 Å². The van der Waals surface area contributed by atoms with Gasteiger partial charge in [0.05, 0.1) is 0 Å². The van der Waals surface area contributed by atoms with E-state index in [2.05, 4.69) is 6.92 Å². The monoisotopic (exact) mass is 174 g/mol. The van der Waals surface area contributed by atoms with Crippen LogP contribution in [0.2, 0.25) is 0 Å². The van der Waals surface area contributed by atoms with Crippen LogP contribution in [0.3, 0.4) is 0 Å². The fraction of sp³-hybridized carbons (Fsp3) is 0.250. The maximum absolute atomic E-state index is 11.4. The van der Waals surface area contributed by atoms with E-state index in [1.807, 2.05) is 36.4 Å². The van der Waals surface area contributed by atoms with Crippen LogP contribution in [-0.4, -0.2) is 5.78 Å². The number of hydrogen-bond acceptors (Lipinski definition) is 1. The van der Waals surface area contributed by atoms with Crippen molar-refractivity contribution >= 4 is 5.78 Å². The second-order valence-electron chi connectivity index (χ2n) is 2.92. The molecule has 0 amide bonds. The standard InChI is InChI=1S/C12H14O/c1-2-3-5-10-12(13)11-8-6-4-7-9-11/h4-10H,2-3H2,1H3/b10-5+. The summed E-state index contributed by atoms with van der Waals surface area (Å²) in [7, 11) is 0. The van der Waals surface area contributed by atoms with E-state index >= 15 is 0 Å². The maximum atomic E-state index is 11.4. The Hall–Kier alpha value is -1.37. The molecule has 0 bridgehead atoms. The molecule has 0 fully saturated rings. The Bertz CT molecular complexity index is 285. The minimum Gasteiger partial charge on any atom is -0.289 e. The Balaban J connectivity index is 2.59. The first kappa shape index (κ1) is 9.72. The van der Waals surface area contributed by atoms with Crippen LogP contribution in [0.1, 0.15) is 30.1 Å². The number of carbonyl (C=O) groups excluding carboxylic acids is 1. The summed E-state index contributed by atoms with van der Waals surface area (Å²) in [4.78, 5) is 11.4. The van der Waals surface area contributed by atoms with Crippen molar-refractivity contribution in [3.05, 3.63) is 48.0 Å². The van der Waals surface area contributed by atoms with Crippen LogP contribution in [0.5, 0.6) is 0 Å². The summed E-state index contributed by atoms with van der Waals surface area (Å²) in [5.74, 6) is 0.0917. The smallest absolute Gasteiger partial charge is 0.185 e. The molecule has 0 heterocycles. The number of rotatable bonds is 4. The zero-order valence-electron chi connectivity index (χ0n) is 7.86. The van der Waals surface area contributed by atoms with Crippen molar-refractivity contribution in [3.8, 4) is 0 Å². The SMILES string of the molecule is CCC/C=C/C(=O)c1ccccc1. The maximum Gasteiger partial charge on any atom is 0.185 e. The average molecular weight is 174 g/mol. The average Bonchev–Trinajstić information content (AvgIpc) is 2.19. The van der Waals surface area contributed by atoms with Gasteiger partial charge in [-0.15, -0.1) is 0 Å². The highest BCUT2D eigenvalue weighted by molar-refractivity contribution is 6.04. The Labute approximate surface area is 79.1 Å². The van der Waals surface area contributed by atoms with E-state index < -0.39 is 0 Å². The van der Waals surface area contributed by atoms with Gasteiger partial charge < -0.3 is 0 Å². The van der Waals surface area contributed by atoms with Crippen LogP contribution < -0.4 is 0 Å². The van der Waals surface area contributed by atoms with Crippen LogP contribution in [0.4, 0.5) is 0 Å². The van der Waals surface area contributed by atoms with E-state index in [0.29, 0.717) is 0 Å². The molecule has 0 spiro atoms. The van der Waals surface area contributed by atoms with E-state index in [1.54, 1.807) is 6.08 Å². The summed E-state index contributed by atoms with van der Waals surface area (Å²) in [6, 6.07) is 9.32. The van der Waals surface area contributed by atoms with Gasteiger partial charge in [0.2, 0.25) is 0 Å². The Morgan fingerprint density at radius 1 is 1.31 bits per heavy atom. The van der Waals surface area contributed by atoms with E-state index in [1.165, 1.54) is 0 Å². The lowest BCUT2D eigenvalue weighted by molar-refractivity contribution is 0.104. The third kappa shape index (κ3) is 3.24. The molecule has 13 heavy (non-hydrogen) atoms. The second-order valence-corrected chi connectivity index (χ2v) is 2.92. The van der Waals surface area contributed by atoms with Crippen LogP contribution in [0.25, 0.3) is 0 Å². The van der Waals surface area contributed by atoms with Crippen LogP contribution in [-0.2, 0) is 0 Å². The van der Waals surface area contributed by atoms with Gasteiger partial charge in [-0.2, -0.15) is 0 Å². The predicted molar refractivity (Wildman–Crippen MR) is 54.8 cm³/mol. The van der Waals surface area contributed by atoms with Crippen LogP contribution in [0.15, 0.2) is 42.5 Å². The number of carbonyl (C=O) groups is 1. The summed E-state index contributed by atoms with van der Waals surface area (Å²) in [6.45, 7) is 2.09. The second kappa shape index (κ2) is 5.31. The zero-order chi connectivity index (χ0) is 9.52. The summed E-state index contributed by atoms with van der Waals surface area (Å²) in [5, 5.41) is 0.